The SMILES string of the molecule is CCOc1ccc(S(=O)(=O)Nc2ccc3c(c2)OCCO3)cc1-c1nc2c(C(C)(C)C)nn(C)c2c(=O)[nH]1. The molecule has 0 atom stereocenters. The van der Waals surface area contributed by atoms with Gasteiger partial charge in [0.05, 0.1) is 28.4 Å². The van der Waals surface area contributed by atoms with E-state index < -0.39 is 10.0 Å². The van der Waals surface area contributed by atoms with Crippen LogP contribution in [0.3, 0.4) is 0 Å². The van der Waals surface area contributed by atoms with E-state index in [-0.39, 0.29) is 21.7 Å². The van der Waals surface area contributed by atoms with Crippen LogP contribution >= 0.6 is 0 Å². The summed E-state index contributed by atoms with van der Waals surface area (Å²) in [5.41, 5.74) is 1.33. The molecule has 1 aliphatic rings. The second-order valence-corrected chi connectivity index (χ2v) is 11.6. The first kappa shape index (κ1) is 25.6. The van der Waals surface area contributed by atoms with E-state index in [0.717, 1.165) is 0 Å². The van der Waals surface area contributed by atoms with Gasteiger partial charge in [-0.1, -0.05) is 20.8 Å². The normalized spacial score (nSPS) is 13.5. The molecule has 0 saturated heterocycles. The maximum absolute atomic E-state index is 13.4. The molecule has 11 nitrogen and oxygen atoms in total. The fourth-order valence-electron chi connectivity index (χ4n) is 4.28. The topological polar surface area (TPSA) is 137 Å². The third kappa shape index (κ3) is 4.67. The van der Waals surface area contributed by atoms with Crippen molar-refractivity contribution >= 4 is 26.7 Å². The van der Waals surface area contributed by atoms with Crippen molar-refractivity contribution in [1.82, 2.24) is 19.7 Å². The Morgan fingerprint density at radius 1 is 1.11 bits per heavy atom. The highest BCUT2D eigenvalue weighted by molar-refractivity contribution is 7.92. The number of H-pyrrole nitrogens is 1. The molecule has 0 saturated carbocycles. The fraction of sp³-hybridized carbons (Fsp3) is 0.346. The predicted molar refractivity (Wildman–Crippen MR) is 143 cm³/mol. The second-order valence-electron chi connectivity index (χ2n) is 9.89. The van der Waals surface area contributed by atoms with Gasteiger partial charge in [0.25, 0.3) is 15.6 Å². The van der Waals surface area contributed by atoms with Gasteiger partial charge < -0.3 is 19.2 Å². The Morgan fingerprint density at radius 2 is 1.84 bits per heavy atom. The van der Waals surface area contributed by atoms with Crippen LogP contribution in [0.4, 0.5) is 5.69 Å². The Kier molecular flexibility index (Phi) is 6.30. The maximum Gasteiger partial charge on any atom is 0.277 e. The standard InChI is InChI=1S/C26H29N5O6S/c1-6-35-18-10-8-16(38(33,34)30-15-7-9-19-20(13-15)37-12-11-36-19)14-17(18)24-27-21-22(25(32)28-24)31(5)29-23(21)26(2,3)4/h7-10,13-14,30H,6,11-12H2,1-5H3,(H,27,28,32). The molecule has 2 aromatic heterocycles. The van der Waals surface area contributed by atoms with E-state index in [1.54, 1.807) is 31.3 Å². The summed E-state index contributed by atoms with van der Waals surface area (Å²) < 4.78 is 47.6. The van der Waals surface area contributed by atoms with Gasteiger partial charge in [0.15, 0.2) is 17.0 Å². The van der Waals surface area contributed by atoms with Crippen molar-refractivity contribution in [2.45, 2.75) is 38.0 Å². The zero-order chi connectivity index (χ0) is 27.2. The molecule has 12 heteroatoms. The van der Waals surface area contributed by atoms with E-state index >= 15 is 0 Å². The molecule has 0 radical (unpaired) electrons. The van der Waals surface area contributed by atoms with Crippen LogP contribution in [0.5, 0.6) is 17.2 Å². The molecule has 5 rings (SSSR count). The third-order valence-electron chi connectivity index (χ3n) is 6.01. The lowest BCUT2D eigenvalue weighted by molar-refractivity contribution is 0.171. The van der Waals surface area contributed by atoms with E-state index in [9.17, 15) is 13.2 Å². The lowest BCUT2D eigenvalue weighted by Gasteiger charge is -2.19. The van der Waals surface area contributed by atoms with Gasteiger partial charge in [-0.3, -0.25) is 14.2 Å². The highest BCUT2D eigenvalue weighted by atomic mass is 32.2. The van der Waals surface area contributed by atoms with Crippen molar-refractivity contribution in [3.05, 3.63) is 52.4 Å². The van der Waals surface area contributed by atoms with Crippen molar-refractivity contribution in [1.29, 1.82) is 0 Å². The smallest absolute Gasteiger partial charge is 0.277 e. The summed E-state index contributed by atoms with van der Waals surface area (Å²) in [5.74, 6) is 1.58. The molecule has 4 aromatic rings. The quantitative estimate of drug-likeness (QED) is 0.379. The number of nitrogens with zero attached hydrogens (tertiary/aromatic N) is 3. The minimum atomic E-state index is -4.02. The lowest BCUT2D eigenvalue weighted by atomic mass is 9.91. The Labute approximate surface area is 219 Å². The molecule has 0 amide bonds. The van der Waals surface area contributed by atoms with Gasteiger partial charge in [0, 0.05) is 18.5 Å². The molecular formula is C26H29N5O6S. The summed E-state index contributed by atoms with van der Waals surface area (Å²) in [4.78, 5) is 20.6. The number of aryl methyl sites for hydroxylation is 1. The third-order valence-corrected chi connectivity index (χ3v) is 7.39. The van der Waals surface area contributed by atoms with Gasteiger partial charge in [-0.25, -0.2) is 13.4 Å². The summed E-state index contributed by atoms with van der Waals surface area (Å²) in [6.07, 6.45) is 0. The average Bonchev–Trinajstić information content (AvgIpc) is 3.21. The van der Waals surface area contributed by atoms with Gasteiger partial charge >= 0.3 is 0 Å². The first-order valence-electron chi connectivity index (χ1n) is 12.1. The molecule has 38 heavy (non-hydrogen) atoms. The number of sulfonamides is 1. The number of benzene rings is 2. The summed E-state index contributed by atoms with van der Waals surface area (Å²) in [7, 11) is -2.33. The average molecular weight is 540 g/mol. The summed E-state index contributed by atoms with van der Waals surface area (Å²) >= 11 is 0. The number of nitrogens with one attached hydrogen (secondary N) is 2. The van der Waals surface area contributed by atoms with Crippen LogP contribution < -0.4 is 24.5 Å². The number of aromatic nitrogens is 4. The van der Waals surface area contributed by atoms with Gasteiger partial charge in [-0.05, 0) is 37.3 Å². The number of ether oxygens (including phenoxy) is 3. The highest BCUT2D eigenvalue weighted by Crippen LogP contribution is 2.35. The van der Waals surface area contributed by atoms with Gasteiger partial charge in [-0.15, -0.1) is 0 Å². The molecule has 0 bridgehead atoms. The van der Waals surface area contributed by atoms with Crippen LogP contribution in [-0.2, 0) is 22.5 Å². The predicted octanol–water partition coefficient (Wildman–Crippen LogP) is 3.59. The maximum atomic E-state index is 13.4. The van der Waals surface area contributed by atoms with Crippen LogP contribution in [0.1, 0.15) is 33.4 Å². The first-order valence-corrected chi connectivity index (χ1v) is 13.6. The fourth-order valence-corrected chi connectivity index (χ4v) is 5.35. The molecule has 0 unspecified atom stereocenters. The number of aromatic amines is 1. The Balaban J connectivity index is 1.60. The Hall–Kier alpha value is -4.06. The highest BCUT2D eigenvalue weighted by Gasteiger charge is 2.26. The van der Waals surface area contributed by atoms with Crippen LogP contribution in [0, 0.1) is 0 Å². The van der Waals surface area contributed by atoms with Crippen molar-refractivity contribution < 1.29 is 22.6 Å². The Bertz CT molecular complexity index is 1700. The number of fused-ring (bicyclic) bond motifs is 2. The number of hydrogen-bond acceptors (Lipinski definition) is 8. The largest absolute Gasteiger partial charge is 0.493 e. The Morgan fingerprint density at radius 3 is 2.55 bits per heavy atom. The van der Waals surface area contributed by atoms with Crippen LogP contribution in [-0.4, -0.2) is 48.0 Å². The van der Waals surface area contributed by atoms with Gasteiger partial charge in [0.1, 0.15) is 30.3 Å². The molecule has 2 N–H and O–H groups in total. The molecular weight excluding hydrogens is 510 g/mol. The molecule has 2 aromatic carbocycles. The summed E-state index contributed by atoms with van der Waals surface area (Å²) in [6, 6.07) is 9.25. The van der Waals surface area contributed by atoms with Crippen LogP contribution in [0.2, 0.25) is 0 Å². The number of rotatable bonds is 6. The van der Waals surface area contributed by atoms with Crippen molar-refractivity contribution in [3.63, 3.8) is 0 Å². The zero-order valence-electron chi connectivity index (χ0n) is 21.8. The van der Waals surface area contributed by atoms with Crippen molar-refractivity contribution in [2.24, 2.45) is 7.05 Å². The van der Waals surface area contributed by atoms with E-state index in [2.05, 4.69) is 14.8 Å². The second kappa shape index (κ2) is 9.35. The number of anilines is 1. The summed E-state index contributed by atoms with van der Waals surface area (Å²) in [5, 5.41) is 4.53. The van der Waals surface area contributed by atoms with E-state index in [1.807, 2.05) is 27.7 Å². The first-order chi connectivity index (χ1) is 18.0. The minimum absolute atomic E-state index is 0.0316. The molecule has 0 aliphatic carbocycles. The molecule has 200 valence electrons. The van der Waals surface area contributed by atoms with Gasteiger partial charge in [0.2, 0.25) is 0 Å². The summed E-state index contributed by atoms with van der Waals surface area (Å²) in [6.45, 7) is 8.93. The molecule has 1 aliphatic heterocycles. The van der Waals surface area contributed by atoms with Crippen LogP contribution in [0.15, 0.2) is 46.1 Å². The minimum Gasteiger partial charge on any atom is -0.493 e. The number of hydrogen-bond donors (Lipinski definition) is 2. The van der Waals surface area contributed by atoms with Crippen molar-refractivity contribution in [2.75, 3.05) is 24.5 Å². The van der Waals surface area contributed by atoms with Crippen molar-refractivity contribution in [3.8, 4) is 28.6 Å². The van der Waals surface area contributed by atoms with Gasteiger partial charge in [-0.2, -0.15) is 5.10 Å². The van der Waals surface area contributed by atoms with Crippen LogP contribution in [0.25, 0.3) is 22.4 Å². The molecule has 0 fully saturated rings. The lowest BCUT2D eigenvalue weighted by Crippen LogP contribution is -2.17. The van der Waals surface area contributed by atoms with E-state index in [0.29, 0.717) is 65.0 Å². The van der Waals surface area contributed by atoms with E-state index in [1.165, 1.54) is 16.8 Å². The molecule has 3 heterocycles. The van der Waals surface area contributed by atoms with E-state index in [4.69, 9.17) is 19.2 Å². The monoisotopic (exact) mass is 539 g/mol. The molecule has 0 spiro atoms. The zero-order valence-corrected chi connectivity index (χ0v) is 22.6.